The molecule has 0 aliphatic rings. The maximum absolute atomic E-state index is 11.9. The predicted molar refractivity (Wildman–Crippen MR) is 68.0 cm³/mol. The van der Waals surface area contributed by atoms with E-state index >= 15 is 0 Å². The van der Waals surface area contributed by atoms with Crippen molar-refractivity contribution in [2.24, 2.45) is 0 Å². The number of rotatable bonds is 3. The van der Waals surface area contributed by atoms with E-state index in [1.165, 1.54) is 0 Å². The highest BCUT2D eigenvalue weighted by Gasteiger charge is 2.14. The monoisotopic (exact) mass is 309 g/mol. The second-order valence-corrected chi connectivity index (χ2v) is 7.12. The molecule has 0 aliphatic heterocycles. The molecule has 0 saturated heterocycles. The summed E-state index contributed by atoms with van der Waals surface area (Å²) in [5, 5.41) is 4.13. The Balaban J connectivity index is 3.12. The summed E-state index contributed by atoms with van der Waals surface area (Å²) >= 11 is 2.23. The van der Waals surface area contributed by atoms with Crippen LogP contribution in [-0.4, -0.2) is 17.9 Å². The number of para-hydroxylation sites is 1. The summed E-state index contributed by atoms with van der Waals surface area (Å²) < 4.78 is 12.7. The third-order valence-corrected chi connectivity index (χ3v) is 3.67. The molecule has 1 rings (SSSR count). The van der Waals surface area contributed by atoms with Crippen molar-refractivity contribution in [2.75, 3.05) is 23.2 Å². The van der Waals surface area contributed by atoms with Gasteiger partial charge in [0.1, 0.15) is 7.14 Å². The first-order valence-corrected chi connectivity index (χ1v) is 8.13. The van der Waals surface area contributed by atoms with Gasteiger partial charge in [-0.25, -0.2) is 0 Å². The van der Waals surface area contributed by atoms with Gasteiger partial charge in [-0.05, 0) is 25.5 Å². The van der Waals surface area contributed by atoms with Crippen molar-refractivity contribution in [3.63, 3.8) is 0 Å². The van der Waals surface area contributed by atoms with Gasteiger partial charge in [0.05, 0.1) is 4.55 Å². The number of hydrogen-bond donors (Lipinski definition) is 1. The quantitative estimate of drug-likeness (QED) is 0.403. The van der Waals surface area contributed by atoms with Crippen LogP contribution in [0.4, 0.5) is 5.69 Å². The van der Waals surface area contributed by atoms with Gasteiger partial charge < -0.3 is 9.88 Å². The van der Waals surface area contributed by atoms with Crippen LogP contribution in [-0.2, 0) is 4.57 Å². The highest BCUT2D eigenvalue weighted by Crippen LogP contribution is 2.37. The number of benzene rings is 1. The summed E-state index contributed by atoms with van der Waals surface area (Å²) in [6.07, 6.45) is 0. The van der Waals surface area contributed by atoms with Gasteiger partial charge in [0.25, 0.3) is 0 Å². The number of halogens is 1. The normalized spacial score (nSPS) is 11.3. The van der Waals surface area contributed by atoms with Crippen molar-refractivity contribution in [3.8, 4) is 0 Å². The lowest BCUT2D eigenvalue weighted by molar-refractivity contribution is 0.588. The molecule has 0 radical (unpaired) electrons. The van der Waals surface area contributed by atoms with Crippen molar-refractivity contribution in [3.05, 3.63) is 24.3 Å². The van der Waals surface area contributed by atoms with Crippen LogP contribution in [0, 0.1) is 0 Å². The highest BCUT2D eigenvalue weighted by atomic mass is 127. The Morgan fingerprint density at radius 3 is 2.54 bits per heavy atom. The number of anilines is 1. The molecule has 1 aromatic rings. The molecule has 0 amide bonds. The smallest absolute Gasteiger partial charge is 0.111 e. The molecule has 0 saturated carbocycles. The van der Waals surface area contributed by atoms with E-state index in [0.29, 0.717) is 0 Å². The van der Waals surface area contributed by atoms with E-state index in [0.717, 1.165) is 15.5 Å². The second kappa shape index (κ2) is 4.47. The number of alkyl halides is 1. The van der Waals surface area contributed by atoms with Crippen LogP contribution in [0.25, 0.3) is 0 Å². The maximum Gasteiger partial charge on any atom is 0.111 e. The third kappa shape index (κ3) is 2.99. The lowest BCUT2D eigenvalue weighted by Crippen LogP contribution is -2.10. The first-order valence-electron chi connectivity index (χ1n) is 4.00. The summed E-state index contributed by atoms with van der Waals surface area (Å²) in [5.74, 6) is 0. The Labute approximate surface area is 92.6 Å². The summed E-state index contributed by atoms with van der Waals surface area (Å²) in [7, 11) is -2.15. The number of nitrogens with one attached hydrogen (secondary N) is 1. The third-order valence-electron chi connectivity index (χ3n) is 1.74. The van der Waals surface area contributed by atoms with Crippen molar-refractivity contribution in [1.82, 2.24) is 0 Å². The van der Waals surface area contributed by atoms with Crippen molar-refractivity contribution in [2.45, 2.75) is 0 Å². The largest absolute Gasteiger partial charge is 0.375 e. The van der Waals surface area contributed by atoms with Crippen molar-refractivity contribution >= 4 is 40.7 Å². The fraction of sp³-hybridized carbons (Fsp3) is 0.333. The van der Waals surface area contributed by atoms with Crippen LogP contribution in [0.2, 0.25) is 0 Å². The topological polar surface area (TPSA) is 29.1 Å². The highest BCUT2D eigenvalue weighted by molar-refractivity contribution is 14.1. The molecular weight excluding hydrogens is 296 g/mol. The Bertz CT molecular complexity index is 334. The molecule has 0 aliphatic carbocycles. The van der Waals surface area contributed by atoms with Crippen molar-refractivity contribution < 1.29 is 4.57 Å². The number of hydrogen-bond acceptors (Lipinski definition) is 2. The maximum atomic E-state index is 11.9. The molecule has 1 N–H and O–H groups in total. The van der Waals surface area contributed by atoms with Crippen LogP contribution in [0.5, 0.6) is 0 Å². The zero-order valence-corrected chi connectivity index (χ0v) is 10.8. The van der Waals surface area contributed by atoms with Gasteiger partial charge >= 0.3 is 0 Å². The molecule has 4 heteroatoms. The average molecular weight is 309 g/mol. The molecule has 0 unspecified atom stereocenters. The molecule has 0 heterocycles. The molecule has 0 atom stereocenters. The average Bonchev–Trinajstić information content (AvgIpc) is 2.04. The molecule has 0 fully saturated rings. The van der Waals surface area contributed by atoms with E-state index in [-0.39, 0.29) is 0 Å². The Kier molecular flexibility index (Phi) is 3.80. The van der Waals surface area contributed by atoms with Gasteiger partial charge in [0.15, 0.2) is 0 Å². The van der Waals surface area contributed by atoms with Crippen LogP contribution >= 0.6 is 29.7 Å². The van der Waals surface area contributed by atoms with E-state index in [1.807, 2.05) is 24.3 Å². The lowest BCUT2D eigenvalue weighted by Gasteiger charge is -2.13. The fourth-order valence-electron chi connectivity index (χ4n) is 1.16. The minimum absolute atomic E-state index is 0.828. The van der Waals surface area contributed by atoms with Crippen LogP contribution in [0.3, 0.4) is 0 Å². The van der Waals surface area contributed by atoms with E-state index in [4.69, 9.17) is 0 Å². The van der Waals surface area contributed by atoms with Gasteiger partial charge in [-0.3, -0.25) is 0 Å². The molecule has 0 bridgehead atoms. The molecule has 0 spiro atoms. The minimum Gasteiger partial charge on any atom is -0.375 e. The molecule has 13 heavy (non-hydrogen) atoms. The molecule has 72 valence electrons. The zero-order valence-electron chi connectivity index (χ0n) is 7.75. The Hall–Kier alpha value is -0.0200. The molecule has 2 nitrogen and oxygen atoms in total. The van der Waals surface area contributed by atoms with Crippen molar-refractivity contribution in [1.29, 1.82) is 0 Å². The molecular formula is C9H13INOP. The van der Waals surface area contributed by atoms with Gasteiger partial charge in [-0.15, -0.1) is 0 Å². The summed E-state index contributed by atoms with van der Waals surface area (Å²) in [4.78, 5) is 0. The summed E-state index contributed by atoms with van der Waals surface area (Å²) in [5.41, 5.74) is 0.991. The first-order chi connectivity index (χ1) is 6.05. The van der Waals surface area contributed by atoms with Gasteiger partial charge in [-0.2, -0.15) is 0 Å². The van der Waals surface area contributed by atoms with Gasteiger partial charge in [0, 0.05) is 11.0 Å². The fourth-order valence-corrected chi connectivity index (χ4v) is 2.75. The Morgan fingerprint density at radius 1 is 1.38 bits per heavy atom. The van der Waals surface area contributed by atoms with Gasteiger partial charge in [0.2, 0.25) is 0 Å². The first kappa shape index (κ1) is 11.1. The van der Waals surface area contributed by atoms with E-state index in [9.17, 15) is 4.57 Å². The van der Waals surface area contributed by atoms with E-state index < -0.39 is 7.14 Å². The summed E-state index contributed by atoms with van der Waals surface area (Å²) in [6, 6.07) is 7.77. The molecule has 0 aromatic heterocycles. The standard InChI is InChI=1S/C9H13INOP/c1-13(2,12)9-6-4-3-5-8(9)11-7-10/h3-6,11H,7H2,1-2H3. The predicted octanol–water partition coefficient (Wildman–Crippen LogP) is 2.74. The Morgan fingerprint density at radius 2 is 2.00 bits per heavy atom. The van der Waals surface area contributed by atoms with E-state index in [1.54, 1.807) is 13.3 Å². The minimum atomic E-state index is -2.15. The SMILES string of the molecule is CP(C)(=O)c1ccccc1NCI. The van der Waals surface area contributed by atoms with Crippen LogP contribution in [0.15, 0.2) is 24.3 Å². The second-order valence-electron chi connectivity index (χ2n) is 3.18. The van der Waals surface area contributed by atoms with Crippen LogP contribution < -0.4 is 10.6 Å². The zero-order chi connectivity index (χ0) is 9.90. The lowest BCUT2D eigenvalue weighted by atomic mass is 10.3. The van der Waals surface area contributed by atoms with Crippen LogP contribution in [0.1, 0.15) is 0 Å². The van der Waals surface area contributed by atoms with Gasteiger partial charge in [-0.1, -0.05) is 34.7 Å². The van der Waals surface area contributed by atoms with E-state index in [2.05, 4.69) is 27.9 Å². The summed E-state index contributed by atoms with van der Waals surface area (Å²) in [6.45, 7) is 3.58. The molecule has 1 aromatic carbocycles.